The van der Waals surface area contributed by atoms with Crippen LogP contribution >= 0.6 is 0 Å². The van der Waals surface area contributed by atoms with Crippen LogP contribution in [0.3, 0.4) is 0 Å². The maximum Gasteiger partial charge on any atom is 0.156 e. The summed E-state index contributed by atoms with van der Waals surface area (Å²) in [4.78, 5) is 10.7. The molecule has 1 aliphatic rings. The first-order valence-corrected chi connectivity index (χ1v) is 15.8. The zero-order valence-corrected chi connectivity index (χ0v) is 25.4. The van der Waals surface area contributed by atoms with Gasteiger partial charge in [0.05, 0.1) is 11.8 Å². The number of aliphatic imine (C=N–C) groups is 2. The number of para-hydroxylation sites is 2. The summed E-state index contributed by atoms with van der Waals surface area (Å²) in [6.45, 7) is 2.28. The Hall–Kier alpha value is -5.74. The second-order valence-corrected chi connectivity index (χ2v) is 12.2. The van der Waals surface area contributed by atoms with Crippen LogP contribution in [0.25, 0.3) is 55.0 Å². The SMILES string of the molecule is CC1CC(c2ccccc2)=NC(c2cccc3oc4c(-c5ccc6c(c5)oc5ccccc56)cccc4c23)=NC1c1ccccc1. The normalized spacial score (nSPS) is 17.0. The molecule has 0 aliphatic carbocycles. The van der Waals surface area contributed by atoms with Gasteiger partial charge in [-0.05, 0) is 53.3 Å². The van der Waals surface area contributed by atoms with Crippen molar-refractivity contribution in [2.45, 2.75) is 19.4 Å². The molecule has 0 amide bonds. The minimum absolute atomic E-state index is 0.0271. The molecule has 46 heavy (non-hydrogen) atoms. The lowest BCUT2D eigenvalue weighted by atomic mass is 9.89. The summed E-state index contributed by atoms with van der Waals surface area (Å²) in [5.41, 5.74) is 9.84. The number of benzene rings is 6. The van der Waals surface area contributed by atoms with Gasteiger partial charge in [0.1, 0.15) is 22.3 Å². The second kappa shape index (κ2) is 10.7. The Morgan fingerprint density at radius 1 is 0.565 bits per heavy atom. The average Bonchev–Trinajstić information content (AvgIpc) is 3.62. The lowest BCUT2D eigenvalue weighted by Gasteiger charge is -2.19. The zero-order valence-electron chi connectivity index (χ0n) is 25.4. The summed E-state index contributed by atoms with van der Waals surface area (Å²) in [6, 6.07) is 48.3. The van der Waals surface area contributed by atoms with E-state index in [2.05, 4.69) is 110 Å². The molecule has 4 nitrogen and oxygen atoms in total. The quantitative estimate of drug-likeness (QED) is 0.203. The van der Waals surface area contributed by atoms with Crippen molar-refractivity contribution in [3.63, 3.8) is 0 Å². The molecular weight excluding hydrogens is 564 g/mol. The third-order valence-corrected chi connectivity index (χ3v) is 9.26. The molecule has 2 atom stereocenters. The van der Waals surface area contributed by atoms with E-state index in [-0.39, 0.29) is 12.0 Å². The number of fused-ring (bicyclic) bond motifs is 6. The van der Waals surface area contributed by atoms with Crippen molar-refractivity contribution in [3.05, 3.63) is 156 Å². The van der Waals surface area contributed by atoms with E-state index in [4.69, 9.17) is 18.8 Å². The van der Waals surface area contributed by atoms with Crippen LogP contribution in [0.1, 0.15) is 36.1 Å². The lowest BCUT2D eigenvalue weighted by Crippen LogP contribution is -2.12. The molecule has 2 aromatic heterocycles. The molecule has 4 heteroatoms. The maximum absolute atomic E-state index is 6.68. The van der Waals surface area contributed by atoms with Crippen molar-refractivity contribution in [2.24, 2.45) is 15.9 Å². The standard InChI is InChI=1S/C42H30N2O2/c1-26-24-35(27-12-4-2-5-13-27)43-42(44-40(26)28-14-6-3-7-15-28)34-19-11-21-37-39(34)33-18-10-17-30(41(33)46-37)29-22-23-32-31-16-8-9-20-36(31)45-38(32)25-29/h2-23,25-26,40H,24H2,1H3. The van der Waals surface area contributed by atoms with E-state index in [1.165, 1.54) is 5.56 Å². The van der Waals surface area contributed by atoms with Crippen molar-refractivity contribution in [2.75, 3.05) is 0 Å². The van der Waals surface area contributed by atoms with Gasteiger partial charge in [-0.1, -0.05) is 122 Å². The molecule has 6 aromatic carbocycles. The summed E-state index contributed by atoms with van der Waals surface area (Å²) in [6.07, 6.45) is 0.826. The van der Waals surface area contributed by atoms with Gasteiger partial charge in [0.2, 0.25) is 0 Å². The average molecular weight is 595 g/mol. The predicted octanol–water partition coefficient (Wildman–Crippen LogP) is 11.2. The number of nitrogens with zero attached hydrogens (tertiary/aromatic N) is 2. The van der Waals surface area contributed by atoms with Gasteiger partial charge in [-0.2, -0.15) is 0 Å². The van der Waals surface area contributed by atoms with Gasteiger partial charge in [-0.25, -0.2) is 4.99 Å². The van der Waals surface area contributed by atoms with Gasteiger partial charge in [0.25, 0.3) is 0 Å². The molecule has 0 bridgehead atoms. The highest BCUT2D eigenvalue weighted by Gasteiger charge is 2.27. The van der Waals surface area contributed by atoms with E-state index >= 15 is 0 Å². The first-order valence-electron chi connectivity index (χ1n) is 15.8. The van der Waals surface area contributed by atoms with E-state index in [0.717, 1.165) is 84.1 Å². The van der Waals surface area contributed by atoms with Gasteiger partial charge in [0.15, 0.2) is 5.84 Å². The van der Waals surface area contributed by atoms with E-state index < -0.39 is 0 Å². The Labute approximate surface area is 266 Å². The van der Waals surface area contributed by atoms with Crippen LogP contribution in [0.2, 0.25) is 0 Å². The molecule has 0 saturated heterocycles. The molecule has 9 rings (SSSR count). The maximum atomic E-state index is 6.68. The fourth-order valence-electron chi connectivity index (χ4n) is 7.03. The highest BCUT2D eigenvalue weighted by Crippen LogP contribution is 2.41. The van der Waals surface area contributed by atoms with Gasteiger partial charge in [-0.3, -0.25) is 4.99 Å². The van der Waals surface area contributed by atoms with Gasteiger partial charge in [-0.15, -0.1) is 0 Å². The third-order valence-electron chi connectivity index (χ3n) is 9.26. The highest BCUT2D eigenvalue weighted by atomic mass is 16.3. The summed E-state index contributed by atoms with van der Waals surface area (Å²) < 4.78 is 12.9. The number of furan rings is 2. The summed E-state index contributed by atoms with van der Waals surface area (Å²) in [7, 11) is 0. The minimum Gasteiger partial charge on any atom is -0.456 e. The smallest absolute Gasteiger partial charge is 0.156 e. The largest absolute Gasteiger partial charge is 0.456 e. The third kappa shape index (κ3) is 4.37. The van der Waals surface area contributed by atoms with Crippen molar-refractivity contribution >= 4 is 55.4 Å². The number of hydrogen-bond acceptors (Lipinski definition) is 4. The van der Waals surface area contributed by atoms with Crippen molar-refractivity contribution in [1.29, 1.82) is 0 Å². The van der Waals surface area contributed by atoms with Crippen LogP contribution in [0.5, 0.6) is 0 Å². The molecule has 0 spiro atoms. The molecule has 3 heterocycles. The van der Waals surface area contributed by atoms with Crippen molar-refractivity contribution in [3.8, 4) is 11.1 Å². The van der Waals surface area contributed by atoms with E-state index in [0.29, 0.717) is 0 Å². The Bertz CT molecular complexity index is 2470. The van der Waals surface area contributed by atoms with Gasteiger partial charge >= 0.3 is 0 Å². The van der Waals surface area contributed by atoms with Gasteiger partial charge in [0, 0.05) is 32.7 Å². The molecular formula is C42H30N2O2. The molecule has 1 aliphatic heterocycles. The molecule has 2 unspecified atom stereocenters. The molecule has 0 radical (unpaired) electrons. The first kappa shape index (κ1) is 26.6. The molecule has 0 fully saturated rings. The van der Waals surface area contributed by atoms with Crippen LogP contribution in [0.4, 0.5) is 0 Å². The Kier molecular flexibility index (Phi) is 6.20. The topological polar surface area (TPSA) is 51.0 Å². The van der Waals surface area contributed by atoms with Crippen LogP contribution in [0.15, 0.2) is 158 Å². The predicted molar refractivity (Wildman–Crippen MR) is 189 cm³/mol. The van der Waals surface area contributed by atoms with E-state index in [9.17, 15) is 0 Å². The summed E-state index contributed by atoms with van der Waals surface area (Å²) in [5, 5.41) is 4.30. The Morgan fingerprint density at radius 2 is 1.26 bits per heavy atom. The second-order valence-electron chi connectivity index (χ2n) is 12.2. The van der Waals surface area contributed by atoms with Gasteiger partial charge < -0.3 is 8.83 Å². The Morgan fingerprint density at radius 3 is 2.13 bits per heavy atom. The zero-order chi connectivity index (χ0) is 30.6. The summed E-state index contributed by atoms with van der Waals surface area (Å²) >= 11 is 0. The van der Waals surface area contributed by atoms with E-state index in [1.54, 1.807) is 0 Å². The number of amidine groups is 1. The Balaban J connectivity index is 1.24. The van der Waals surface area contributed by atoms with E-state index in [1.807, 2.05) is 36.4 Å². The van der Waals surface area contributed by atoms with Crippen LogP contribution in [0, 0.1) is 5.92 Å². The van der Waals surface area contributed by atoms with Crippen LogP contribution < -0.4 is 0 Å². The lowest BCUT2D eigenvalue weighted by molar-refractivity contribution is 0.493. The summed E-state index contributed by atoms with van der Waals surface area (Å²) in [5.74, 6) is 0.998. The number of rotatable bonds is 4. The highest BCUT2D eigenvalue weighted by molar-refractivity contribution is 6.23. The number of hydrogen-bond donors (Lipinski definition) is 0. The molecule has 0 saturated carbocycles. The van der Waals surface area contributed by atoms with Crippen molar-refractivity contribution < 1.29 is 8.83 Å². The van der Waals surface area contributed by atoms with Crippen LogP contribution in [-0.2, 0) is 0 Å². The van der Waals surface area contributed by atoms with Crippen molar-refractivity contribution in [1.82, 2.24) is 0 Å². The first-order chi connectivity index (χ1) is 22.7. The fraction of sp³-hybridized carbons (Fsp3) is 0.0952. The minimum atomic E-state index is -0.0271. The molecule has 220 valence electrons. The van der Waals surface area contributed by atoms with Crippen LogP contribution in [-0.4, -0.2) is 11.5 Å². The monoisotopic (exact) mass is 594 g/mol. The molecule has 8 aromatic rings. The molecule has 0 N–H and O–H groups in total. The fourth-order valence-corrected chi connectivity index (χ4v) is 7.03.